The Morgan fingerprint density at radius 3 is 2.81 bits per heavy atom. The summed E-state index contributed by atoms with van der Waals surface area (Å²) < 4.78 is 11.1. The Hall–Kier alpha value is -2.34. The molecule has 0 N–H and O–H groups in total. The number of benzene rings is 1. The molecule has 3 heterocycles. The van der Waals surface area contributed by atoms with E-state index >= 15 is 0 Å². The lowest BCUT2D eigenvalue weighted by atomic mass is 10.1. The van der Waals surface area contributed by atoms with E-state index in [0.717, 1.165) is 54.9 Å². The molecule has 2 aromatic rings. The Kier molecular flexibility index (Phi) is 4.68. The summed E-state index contributed by atoms with van der Waals surface area (Å²) in [6.07, 6.45) is 1.79. The molecule has 0 bridgehead atoms. The zero-order chi connectivity index (χ0) is 18.1. The lowest BCUT2D eigenvalue weighted by molar-refractivity contribution is -0.143. The minimum Gasteiger partial charge on any atom is -0.497 e. The molecule has 2 fully saturated rings. The van der Waals surface area contributed by atoms with Gasteiger partial charge in [0, 0.05) is 31.1 Å². The summed E-state index contributed by atoms with van der Waals surface area (Å²) in [5.41, 5.74) is 2.08. The molecular weight excluding hydrogens is 330 g/mol. The van der Waals surface area contributed by atoms with Crippen LogP contribution in [0.2, 0.25) is 0 Å². The van der Waals surface area contributed by atoms with E-state index in [-0.39, 0.29) is 5.91 Å². The van der Waals surface area contributed by atoms with E-state index < -0.39 is 6.10 Å². The average molecular weight is 355 g/mol. The van der Waals surface area contributed by atoms with E-state index in [9.17, 15) is 4.79 Å². The molecule has 2 saturated heterocycles. The quantitative estimate of drug-likeness (QED) is 0.846. The lowest BCUT2D eigenvalue weighted by Crippen LogP contribution is -2.50. The van der Waals surface area contributed by atoms with E-state index in [1.807, 2.05) is 23.1 Å². The Morgan fingerprint density at radius 2 is 2.04 bits per heavy atom. The molecule has 1 aromatic carbocycles. The monoisotopic (exact) mass is 355 g/mol. The van der Waals surface area contributed by atoms with Gasteiger partial charge in [-0.1, -0.05) is 0 Å². The standard InChI is InChI=1S/C20H25N3O3/c1-14-11-19(21-17-12-15(25-2)5-6-16(14)17)23-9-10-26-18(13-23)20(24)22-7-3-4-8-22/h5-6,11-12,18H,3-4,7-10,13H2,1-2H3. The molecule has 1 aromatic heterocycles. The number of morpholine rings is 1. The van der Waals surface area contributed by atoms with Crippen molar-refractivity contribution in [3.05, 3.63) is 29.8 Å². The van der Waals surface area contributed by atoms with Gasteiger partial charge in [0.05, 0.1) is 25.8 Å². The van der Waals surface area contributed by atoms with Crippen LogP contribution in [-0.4, -0.2) is 61.8 Å². The van der Waals surface area contributed by atoms with E-state index in [0.29, 0.717) is 13.2 Å². The third-order valence-corrected chi connectivity index (χ3v) is 5.29. The highest BCUT2D eigenvalue weighted by atomic mass is 16.5. The largest absolute Gasteiger partial charge is 0.497 e. The number of nitrogens with zero attached hydrogens (tertiary/aromatic N) is 3. The molecule has 2 aliphatic heterocycles. The van der Waals surface area contributed by atoms with E-state index in [2.05, 4.69) is 17.9 Å². The highest BCUT2D eigenvalue weighted by molar-refractivity contribution is 5.86. The van der Waals surface area contributed by atoms with Crippen molar-refractivity contribution < 1.29 is 14.3 Å². The maximum atomic E-state index is 12.7. The number of hydrogen-bond donors (Lipinski definition) is 0. The van der Waals surface area contributed by atoms with Gasteiger partial charge in [-0.2, -0.15) is 0 Å². The minimum atomic E-state index is -0.398. The fourth-order valence-corrected chi connectivity index (χ4v) is 3.80. The van der Waals surface area contributed by atoms with Crippen LogP contribution in [0.3, 0.4) is 0 Å². The van der Waals surface area contributed by atoms with Crippen molar-refractivity contribution >= 4 is 22.6 Å². The first-order chi connectivity index (χ1) is 12.7. The number of ether oxygens (including phenoxy) is 2. The Bertz CT molecular complexity index is 817. The van der Waals surface area contributed by atoms with Crippen LogP contribution >= 0.6 is 0 Å². The van der Waals surface area contributed by atoms with E-state index in [4.69, 9.17) is 14.5 Å². The van der Waals surface area contributed by atoms with Crippen LogP contribution in [-0.2, 0) is 9.53 Å². The second-order valence-electron chi connectivity index (χ2n) is 7.02. The van der Waals surface area contributed by atoms with Crippen molar-refractivity contribution in [2.24, 2.45) is 0 Å². The number of amides is 1. The highest BCUT2D eigenvalue weighted by Crippen LogP contribution is 2.27. The Morgan fingerprint density at radius 1 is 1.23 bits per heavy atom. The first-order valence-corrected chi connectivity index (χ1v) is 9.26. The van der Waals surface area contributed by atoms with Gasteiger partial charge in [0.25, 0.3) is 5.91 Å². The van der Waals surface area contributed by atoms with Gasteiger partial charge in [0.2, 0.25) is 0 Å². The topological polar surface area (TPSA) is 54.9 Å². The molecule has 26 heavy (non-hydrogen) atoms. The number of methoxy groups -OCH3 is 1. The third kappa shape index (κ3) is 3.21. The van der Waals surface area contributed by atoms with Crippen molar-refractivity contribution in [2.45, 2.75) is 25.9 Å². The molecule has 0 spiro atoms. The van der Waals surface area contributed by atoms with Gasteiger partial charge in [-0.25, -0.2) is 4.98 Å². The number of carbonyl (C=O) groups is 1. The number of likely N-dealkylation sites (tertiary alicyclic amines) is 1. The number of carbonyl (C=O) groups excluding carboxylic acids is 1. The zero-order valence-electron chi connectivity index (χ0n) is 15.4. The number of hydrogen-bond acceptors (Lipinski definition) is 5. The molecule has 0 radical (unpaired) electrons. The van der Waals surface area contributed by atoms with E-state index in [1.54, 1.807) is 7.11 Å². The molecular formula is C20H25N3O3. The van der Waals surface area contributed by atoms with Gasteiger partial charge < -0.3 is 19.3 Å². The molecule has 0 saturated carbocycles. The van der Waals surface area contributed by atoms with Crippen LogP contribution in [0.5, 0.6) is 5.75 Å². The van der Waals surface area contributed by atoms with Gasteiger partial charge in [-0.15, -0.1) is 0 Å². The highest BCUT2D eigenvalue weighted by Gasteiger charge is 2.32. The second kappa shape index (κ2) is 7.11. The van der Waals surface area contributed by atoms with Crippen LogP contribution in [0.4, 0.5) is 5.82 Å². The van der Waals surface area contributed by atoms with Gasteiger partial charge in [0.15, 0.2) is 6.10 Å². The predicted octanol–water partition coefficient (Wildman–Crippen LogP) is 2.38. The second-order valence-corrected chi connectivity index (χ2v) is 7.02. The van der Waals surface area contributed by atoms with Crippen molar-refractivity contribution in [1.29, 1.82) is 0 Å². The first-order valence-electron chi connectivity index (χ1n) is 9.26. The summed E-state index contributed by atoms with van der Waals surface area (Å²) in [4.78, 5) is 21.6. The SMILES string of the molecule is COc1ccc2c(C)cc(N3CCOC(C(=O)N4CCCC4)C3)nc2c1. The van der Waals surface area contributed by atoms with Crippen LogP contribution in [0.25, 0.3) is 10.9 Å². The van der Waals surface area contributed by atoms with Gasteiger partial charge >= 0.3 is 0 Å². The van der Waals surface area contributed by atoms with Crippen molar-refractivity contribution in [2.75, 3.05) is 44.8 Å². The van der Waals surface area contributed by atoms with Gasteiger partial charge in [-0.05, 0) is 43.5 Å². The first kappa shape index (κ1) is 17.1. The van der Waals surface area contributed by atoms with Crippen LogP contribution in [0, 0.1) is 6.92 Å². The number of fused-ring (bicyclic) bond motifs is 1. The number of pyridine rings is 1. The zero-order valence-corrected chi connectivity index (χ0v) is 15.4. The normalized spacial score (nSPS) is 20.6. The van der Waals surface area contributed by atoms with E-state index in [1.165, 1.54) is 5.56 Å². The van der Waals surface area contributed by atoms with Crippen molar-refractivity contribution in [3.63, 3.8) is 0 Å². The lowest BCUT2D eigenvalue weighted by Gasteiger charge is -2.35. The molecule has 138 valence electrons. The smallest absolute Gasteiger partial charge is 0.253 e. The summed E-state index contributed by atoms with van der Waals surface area (Å²) in [7, 11) is 1.66. The van der Waals surface area contributed by atoms with Gasteiger partial charge in [0.1, 0.15) is 11.6 Å². The van der Waals surface area contributed by atoms with Crippen LogP contribution in [0.1, 0.15) is 18.4 Å². The van der Waals surface area contributed by atoms with Crippen molar-refractivity contribution in [1.82, 2.24) is 9.88 Å². The summed E-state index contributed by atoms with van der Waals surface area (Å²) in [5.74, 6) is 1.81. The molecule has 1 amide bonds. The molecule has 1 unspecified atom stereocenters. The van der Waals surface area contributed by atoms with Gasteiger partial charge in [-0.3, -0.25) is 4.79 Å². The maximum Gasteiger partial charge on any atom is 0.253 e. The summed E-state index contributed by atoms with van der Waals surface area (Å²) >= 11 is 0. The Balaban J connectivity index is 1.58. The fraction of sp³-hybridized carbons (Fsp3) is 0.500. The van der Waals surface area contributed by atoms with Crippen molar-refractivity contribution in [3.8, 4) is 5.75 Å². The third-order valence-electron chi connectivity index (χ3n) is 5.29. The summed E-state index contributed by atoms with van der Waals surface area (Å²) in [5, 5.41) is 1.12. The maximum absolute atomic E-state index is 12.7. The summed E-state index contributed by atoms with van der Waals surface area (Å²) in [6, 6.07) is 8.05. The van der Waals surface area contributed by atoms with Crippen LogP contribution in [0.15, 0.2) is 24.3 Å². The van der Waals surface area contributed by atoms with Crippen LogP contribution < -0.4 is 9.64 Å². The molecule has 2 aliphatic rings. The number of aryl methyl sites for hydroxylation is 1. The molecule has 6 nitrogen and oxygen atoms in total. The average Bonchev–Trinajstić information content (AvgIpc) is 3.21. The minimum absolute atomic E-state index is 0.117. The Labute approximate surface area is 153 Å². The summed E-state index contributed by atoms with van der Waals surface area (Å²) in [6.45, 7) is 5.63. The molecule has 0 aliphatic carbocycles. The number of rotatable bonds is 3. The predicted molar refractivity (Wildman–Crippen MR) is 101 cm³/mol. The fourth-order valence-electron chi connectivity index (χ4n) is 3.80. The number of anilines is 1. The molecule has 1 atom stereocenters. The number of aromatic nitrogens is 1. The molecule has 6 heteroatoms. The molecule has 4 rings (SSSR count).